The van der Waals surface area contributed by atoms with Gasteiger partial charge < -0.3 is 4.74 Å². The van der Waals surface area contributed by atoms with Crippen LogP contribution in [0.2, 0.25) is 0 Å². The van der Waals surface area contributed by atoms with Crippen LogP contribution in [0.3, 0.4) is 0 Å². The quantitative estimate of drug-likeness (QED) is 0.561. The molecule has 0 aliphatic heterocycles. The number of hydrogen-bond donors (Lipinski definition) is 0. The topological polar surface area (TPSA) is 26.3 Å². The molecule has 0 aromatic rings. The Morgan fingerprint density at radius 3 is 2.55 bits per heavy atom. The molecule has 118 valence electrons. The first-order chi connectivity index (χ1) is 9.52. The Kier molecular flexibility index (Phi) is 8.25. The fourth-order valence-electron chi connectivity index (χ4n) is 3.60. The molecule has 20 heavy (non-hydrogen) atoms. The summed E-state index contributed by atoms with van der Waals surface area (Å²) in [5, 5.41) is 0. The average molecular weight is 282 g/mol. The van der Waals surface area contributed by atoms with Gasteiger partial charge in [-0.25, -0.2) is 0 Å². The third-order valence-electron chi connectivity index (χ3n) is 5.05. The molecule has 1 rings (SSSR count). The minimum Gasteiger partial charge on any atom is -0.463 e. The van der Waals surface area contributed by atoms with Gasteiger partial charge in [0.2, 0.25) is 0 Å². The Labute approximate surface area is 125 Å². The van der Waals surface area contributed by atoms with E-state index in [1.807, 2.05) is 0 Å². The van der Waals surface area contributed by atoms with E-state index in [0.29, 0.717) is 0 Å². The molecule has 0 saturated heterocycles. The van der Waals surface area contributed by atoms with E-state index in [2.05, 4.69) is 20.8 Å². The summed E-state index contributed by atoms with van der Waals surface area (Å²) in [5.41, 5.74) is 0. The molecule has 1 aliphatic carbocycles. The van der Waals surface area contributed by atoms with Gasteiger partial charge in [0.15, 0.2) is 0 Å². The molecule has 0 radical (unpaired) electrons. The van der Waals surface area contributed by atoms with Crippen molar-refractivity contribution in [2.75, 3.05) is 0 Å². The molecular weight excluding hydrogens is 248 g/mol. The highest BCUT2D eigenvalue weighted by atomic mass is 16.5. The van der Waals surface area contributed by atoms with Gasteiger partial charge in [0.1, 0.15) is 6.10 Å². The monoisotopic (exact) mass is 282 g/mol. The second-order valence-corrected chi connectivity index (χ2v) is 6.94. The summed E-state index contributed by atoms with van der Waals surface area (Å²) in [6.45, 7) is 8.61. The van der Waals surface area contributed by atoms with Crippen molar-refractivity contribution in [2.45, 2.75) is 91.6 Å². The fourth-order valence-corrected chi connectivity index (χ4v) is 3.60. The van der Waals surface area contributed by atoms with E-state index < -0.39 is 0 Å². The molecule has 2 heteroatoms. The molecule has 0 unspecified atom stereocenters. The van der Waals surface area contributed by atoms with Gasteiger partial charge in [-0.05, 0) is 37.0 Å². The lowest BCUT2D eigenvalue weighted by atomic mass is 9.82. The Morgan fingerprint density at radius 2 is 1.90 bits per heavy atom. The van der Waals surface area contributed by atoms with Crippen LogP contribution in [-0.2, 0) is 9.53 Å². The summed E-state index contributed by atoms with van der Waals surface area (Å²) in [6.07, 6.45) is 11.6. The highest BCUT2D eigenvalue weighted by Crippen LogP contribution is 2.31. The average Bonchev–Trinajstić information content (AvgIpc) is 2.38. The van der Waals surface area contributed by atoms with E-state index in [1.54, 1.807) is 0 Å². The molecular formula is C18H34O2. The van der Waals surface area contributed by atoms with Gasteiger partial charge in [-0.3, -0.25) is 4.79 Å². The van der Waals surface area contributed by atoms with Crippen LogP contribution in [0.5, 0.6) is 0 Å². The fraction of sp³-hybridized carbons (Fsp3) is 0.944. The third kappa shape index (κ3) is 6.76. The highest BCUT2D eigenvalue weighted by Gasteiger charge is 2.24. The minimum atomic E-state index is -0.113. The zero-order valence-corrected chi connectivity index (χ0v) is 14.0. The zero-order valence-electron chi connectivity index (χ0n) is 14.0. The van der Waals surface area contributed by atoms with Crippen LogP contribution >= 0.6 is 0 Å². The van der Waals surface area contributed by atoms with Crippen molar-refractivity contribution in [1.82, 2.24) is 0 Å². The molecule has 0 aromatic carbocycles. The van der Waals surface area contributed by atoms with Crippen molar-refractivity contribution in [2.24, 2.45) is 17.8 Å². The molecule has 1 aliphatic rings. The number of ether oxygens (including phenoxy) is 1. The lowest BCUT2D eigenvalue weighted by molar-refractivity contribution is -0.148. The van der Waals surface area contributed by atoms with Gasteiger partial charge >= 0.3 is 5.97 Å². The van der Waals surface area contributed by atoms with Crippen LogP contribution in [0.25, 0.3) is 0 Å². The Hall–Kier alpha value is -0.530. The van der Waals surface area contributed by atoms with Crippen molar-refractivity contribution < 1.29 is 9.53 Å². The predicted octanol–water partition coefficient (Wildman–Crippen LogP) is 5.35. The van der Waals surface area contributed by atoms with Gasteiger partial charge in [-0.1, -0.05) is 59.3 Å². The first-order valence-corrected chi connectivity index (χ1v) is 8.70. The molecule has 0 bridgehead atoms. The van der Waals surface area contributed by atoms with E-state index in [9.17, 15) is 4.79 Å². The summed E-state index contributed by atoms with van der Waals surface area (Å²) in [5.74, 6) is 2.38. The number of hydrogen-bond acceptors (Lipinski definition) is 2. The van der Waals surface area contributed by atoms with Crippen molar-refractivity contribution >= 4 is 5.97 Å². The Morgan fingerprint density at radius 1 is 1.20 bits per heavy atom. The Balaban J connectivity index is 2.19. The summed E-state index contributed by atoms with van der Waals surface area (Å²) in [7, 11) is 0. The lowest BCUT2D eigenvalue weighted by Crippen LogP contribution is -2.24. The molecule has 0 N–H and O–H groups in total. The second-order valence-electron chi connectivity index (χ2n) is 6.94. The standard InChI is InChI=1S/C18H34O2/c1-5-8-14(2)15(3)9-6-10-17-11-7-12-18(13-17)20-16(4)19/h14-15,17-18H,5-13H2,1-4H3/t14-,15-,17-,18+/m0/s1. The van der Waals surface area contributed by atoms with E-state index in [-0.39, 0.29) is 12.1 Å². The molecule has 0 amide bonds. The van der Waals surface area contributed by atoms with Gasteiger partial charge in [-0.2, -0.15) is 0 Å². The van der Waals surface area contributed by atoms with Crippen LogP contribution in [0.1, 0.15) is 85.5 Å². The molecule has 1 saturated carbocycles. The van der Waals surface area contributed by atoms with Crippen molar-refractivity contribution in [1.29, 1.82) is 0 Å². The summed E-state index contributed by atoms with van der Waals surface area (Å²) < 4.78 is 5.38. The summed E-state index contributed by atoms with van der Waals surface area (Å²) in [6, 6.07) is 0. The van der Waals surface area contributed by atoms with Gasteiger partial charge in [-0.15, -0.1) is 0 Å². The maximum Gasteiger partial charge on any atom is 0.302 e. The van der Waals surface area contributed by atoms with Crippen LogP contribution in [0, 0.1) is 17.8 Å². The molecule has 0 spiro atoms. The first kappa shape index (κ1) is 17.5. The maximum atomic E-state index is 11.0. The van der Waals surface area contributed by atoms with E-state index >= 15 is 0 Å². The van der Waals surface area contributed by atoms with Gasteiger partial charge in [0.25, 0.3) is 0 Å². The van der Waals surface area contributed by atoms with Crippen molar-refractivity contribution in [3.05, 3.63) is 0 Å². The lowest BCUT2D eigenvalue weighted by Gasteiger charge is -2.29. The molecule has 1 fully saturated rings. The number of carbonyl (C=O) groups is 1. The molecule has 2 nitrogen and oxygen atoms in total. The Bertz CT molecular complexity index is 275. The summed E-state index contributed by atoms with van der Waals surface area (Å²) >= 11 is 0. The van der Waals surface area contributed by atoms with Crippen LogP contribution in [-0.4, -0.2) is 12.1 Å². The second kappa shape index (κ2) is 9.41. The predicted molar refractivity (Wildman–Crippen MR) is 84.6 cm³/mol. The van der Waals surface area contributed by atoms with Crippen molar-refractivity contribution in [3.8, 4) is 0 Å². The first-order valence-electron chi connectivity index (χ1n) is 8.70. The number of carbonyl (C=O) groups excluding carboxylic acids is 1. The van der Waals surface area contributed by atoms with Crippen LogP contribution < -0.4 is 0 Å². The minimum absolute atomic E-state index is 0.113. The van der Waals surface area contributed by atoms with Crippen LogP contribution in [0.4, 0.5) is 0 Å². The smallest absolute Gasteiger partial charge is 0.302 e. The normalized spacial score (nSPS) is 26.0. The third-order valence-corrected chi connectivity index (χ3v) is 5.05. The van der Waals surface area contributed by atoms with E-state index in [1.165, 1.54) is 51.9 Å². The van der Waals surface area contributed by atoms with Crippen LogP contribution in [0.15, 0.2) is 0 Å². The summed E-state index contributed by atoms with van der Waals surface area (Å²) in [4.78, 5) is 11.0. The van der Waals surface area contributed by atoms with E-state index in [4.69, 9.17) is 4.74 Å². The highest BCUT2D eigenvalue weighted by molar-refractivity contribution is 5.66. The largest absolute Gasteiger partial charge is 0.463 e. The van der Waals surface area contributed by atoms with Crippen molar-refractivity contribution in [3.63, 3.8) is 0 Å². The number of esters is 1. The SMILES string of the molecule is CCC[C@H](C)[C@@H](C)CCC[C@H]1CCC[C@@H](OC(C)=O)C1. The maximum absolute atomic E-state index is 11.0. The van der Waals surface area contributed by atoms with Gasteiger partial charge in [0.05, 0.1) is 0 Å². The number of rotatable bonds is 8. The van der Waals surface area contributed by atoms with E-state index in [0.717, 1.165) is 30.6 Å². The zero-order chi connectivity index (χ0) is 15.0. The molecule has 0 aromatic heterocycles. The molecule has 4 atom stereocenters. The molecule has 0 heterocycles. The van der Waals surface area contributed by atoms with Gasteiger partial charge in [0, 0.05) is 6.92 Å².